The number of amides is 1. The van der Waals surface area contributed by atoms with Gasteiger partial charge in [0.25, 0.3) is 5.56 Å². The van der Waals surface area contributed by atoms with Crippen LogP contribution in [0.5, 0.6) is 0 Å². The summed E-state index contributed by atoms with van der Waals surface area (Å²) < 4.78 is 31.0. The maximum atomic E-state index is 12.2. The molecule has 10 heteroatoms. The molecule has 128 valence electrons. The van der Waals surface area contributed by atoms with Crippen LogP contribution in [0.15, 0.2) is 10.9 Å². The van der Waals surface area contributed by atoms with E-state index in [1.54, 1.807) is 0 Å². The lowest BCUT2D eigenvalue weighted by Gasteiger charge is -2.17. The van der Waals surface area contributed by atoms with E-state index in [1.807, 2.05) is 0 Å². The summed E-state index contributed by atoms with van der Waals surface area (Å²) in [4.78, 5) is 27.9. The molecule has 1 aromatic rings. The highest BCUT2D eigenvalue weighted by Crippen LogP contribution is 2.12. The van der Waals surface area contributed by atoms with Crippen molar-refractivity contribution in [1.29, 1.82) is 0 Å². The smallest absolute Gasteiger partial charge is 0.253 e. The molecule has 0 spiro atoms. The van der Waals surface area contributed by atoms with Crippen LogP contribution < -0.4 is 10.9 Å². The zero-order valence-electron chi connectivity index (χ0n) is 13.1. The molecule has 9 nitrogen and oxygen atoms in total. The quantitative estimate of drug-likeness (QED) is 0.709. The molecule has 2 rings (SSSR count). The molecular formula is C13H20N4O5S. The van der Waals surface area contributed by atoms with Crippen LogP contribution in [-0.2, 0) is 39.2 Å². The number of nitrogens with one attached hydrogen (secondary N) is 1. The molecule has 0 aromatic carbocycles. The van der Waals surface area contributed by atoms with Crippen molar-refractivity contribution in [3.05, 3.63) is 27.9 Å². The predicted molar refractivity (Wildman–Crippen MR) is 82.1 cm³/mol. The van der Waals surface area contributed by atoms with Gasteiger partial charge in [-0.1, -0.05) is 0 Å². The number of nitrogens with zero attached hydrogens (tertiary/aromatic N) is 3. The minimum Gasteiger partial charge on any atom is -0.375 e. The molecule has 0 aliphatic carbocycles. The highest BCUT2D eigenvalue weighted by Gasteiger charge is 2.23. The first-order valence-corrected chi connectivity index (χ1v) is 8.96. The second-order valence-electron chi connectivity index (χ2n) is 5.31. The van der Waals surface area contributed by atoms with E-state index in [-0.39, 0.29) is 31.2 Å². The third kappa shape index (κ3) is 4.60. The molecule has 0 bridgehead atoms. The Labute approximate surface area is 134 Å². The van der Waals surface area contributed by atoms with Crippen molar-refractivity contribution >= 4 is 15.9 Å². The number of rotatable bonds is 5. The fraction of sp³-hybridized carbons (Fsp3) is 0.615. The summed E-state index contributed by atoms with van der Waals surface area (Å²) >= 11 is 0. The normalized spacial score (nSPS) is 15.7. The molecule has 2 heterocycles. The third-order valence-corrected chi connectivity index (χ3v) is 4.71. The molecule has 0 unspecified atom stereocenters. The van der Waals surface area contributed by atoms with Crippen LogP contribution in [0, 0.1) is 0 Å². The van der Waals surface area contributed by atoms with Crippen LogP contribution >= 0.6 is 0 Å². The van der Waals surface area contributed by atoms with Crippen molar-refractivity contribution in [3.63, 3.8) is 0 Å². The lowest BCUT2D eigenvalue weighted by atomic mass is 10.3. The number of aromatic nitrogens is 2. The zero-order valence-corrected chi connectivity index (χ0v) is 13.9. The Kier molecular flexibility index (Phi) is 5.50. The number of ether oxygens (including phenoxy) is 1. The Balaban J connectivity index is 2.23. The van der Waals surface area contributed by atoms with Gasteiger partial charge in [-0.05, 0) is 6.42 Å². The van der Waals surface area contributed by atoms with Gasteiger partial charge in [0.05, 0.1) is 25.0 Å². The Bertz CT molecular complexity index is 743. The first-order valence-electron chi connectivity index (χ1n) is 7.11. The SMILES string of the molecule is COCC(=O)NCc1cc(=O)n2c(n1)CN(S(C)(=O)=O)CCC2. The van der Waals surface area contributed by atoms with Crippen LogP contribution in [-0.4, -0.2) is 54.7 Å². The lowest BCUT2D eigenvalue weighted by molar-refractivity contribution is -0.124. The van der Waals surface area contributed by atoms with Gasteiger partial charge in [-0.2, -0.15) is 4.31 Å². The van der Waals surface area contributed by atoms with Gasteiger partial charge >= 0.3 is 0 Å². The topological polar surface area (TPSA) is 111 Å². The molecule has 0 atom stereocenters. The number of sulfonamides is 1. The van der Waals surface area contributed by atoms with E-state index in [4.69, 9.17) is 4.74 Å². The van der Waals surface area contributed by atoms with Gasteiger partial charge in [0.2, 0.25) is 15.9 Å². The van der Waals surface area contributed by atoms with Gasteiger partial charge < -0.3 is 10.1 Å². The maximum Gasteiger partial charge on any atom is 0.253 e. The van der Waals surface area contributed by atoms with Gasteiger partial charge in [0.1, 0.15) is 12.4 Å². The zero-order chi connectivity index (χ0) is 17.0. The highest BCUT2D eigenvalue weighted by molar-refractivity contribution is 7.88. The fourth-order valence-electron chi connectivity index (χ4n) is 2.35. The van der Waals surface area contributed by atoms with E-state index in [0.717, 1.165) is 6.26 Å². The van der Waals surface area contributed by atoms with Crippen molar-refractivity contribution in [2.75, 3.05) is 26.5 Å². The Hall–Kier alpha value is -1.78. The summed E-state index contributed by atoms with van der Waals surface area (Å²) in [6.45, 7) is 0.828. The standard InChI is InChI=1S/C13H20N4O5S/c1-22-9-12(18)14-7-10-6-13(19)17-5-3-4-16(23(2,20)21)8-11(17)15-10/h6H,3-5,7-9H2,1-2H3,(H,14,18). The number of fused-ring (bicyclic) bond motifs is 1. The van der Waals surface area contributed by atoms with E-state index >= 15 is 0 Å². The number of carbonyl (C=O) groups excluding carboxylic acids is 1. The predicted octanol–water partition coefficient (Wildman–Crippen LogP) is -1.33. The second-order valence-corrected chi connectivity index (χ2v) is 7.30. The van der Waals surface area contributed by atoms with Crippen LogP contribution in [0.4, 0.5) is 0 Å². The van der Waals surface area contributed by atoms with Crippen molar-refractivity contribution in [2.45, 2.75) is 26.1 Å². The Morgan fingerprint density at radius 1 is 1.43 bits per heavy atom. The number of hydrogen-bond acceptors (Lipinski definition) is 6. The molecule has 1 N–H and O–H groups in total. The summed E-state index contributed by atoms with van der Waals surface area (Å²) in [6.07, 6.45) is 1.68. The molecule has 0 radical (unpaired) electrons. The van der Waals surface area contributed by atoms with Gasteiger partial charge in [-0.3, -0.25) is 14.2 Å². The number of methoxy groups -OCH3 is 1. The molecule has 1 aliphatic rings. The van der Waals surface area contributed by atoms with Crippen LogP contribution in [0.2, 0.25) is 0 Å². The molecule has 1 aromatic heterocycles. The van der Waals surface area contributed by atoms with Crippen LogP contribution in [0.3, 0.4) is 0 Å². The summed E-state index contributed by atoms with van der Waals surface area (Å²) in [6, 6.07) is 1.35. The number of hydrogen-bond donors (Lipinski definition) is 1. The van der Waals surface area contributed by atoms with Gasteiger partial charge in [0.15, 0.2) is 0 Å². The molecule has 1 aliphatic heterocycles. The van der Waals surface area contributed by atoms with Crippen molar-refractivity contribution in [3.8, 4) is 0 Å². The highest BCUT2D eigenvalue weighted by atomic mass is 32.2. The third-order valence-electron chi connectivity index (χ3n) is 3.46. The van der Waals surface area contributed by atoms with Crippen molar-refractivity contribution in [2.24, 2.45) is 0 Å². The van der Waals surface area contributed by atoms with Crippen molar-refractivity contribution in [1.82, 2.24) is 19.2 Å². The Morgan fingerprint density at radius 3 is 2.83 bits per heavy atom. The minimum atomic E-state index is -3.36. The summed E-state index contributed by atoms with van der Waals surface area (Å²) in [5, 5.41) is 2.58. The van der Waals surface area contributed by atoms with Gasteiger partial charge in [-0.15, -0.1) is 0 Å². The molecular weight excluding hydrogens is 324 g/mol. The second kappa shape index (κ2) is 7.20. The summed E-state index contributed by atoms with van der Waals surface area (Å²) in [5.74, 6) is 0.0681. The fourth-order valence-corrected chi connectivity index (χ4v) is 3.16. The molecule has 0 saturated heterocycles. The first kappa shape index (κ1) is 17.6. The lowest BCUT2D eigenvalue weighted by Crippen LogP contribution is -2.32. The Morgan fingerprint density at radius 2 is 2.17 bits per heavy atom. The van der Waals surface area contributed by atoms with Crippen LogP contribution in [0.1, 0.15) is 17.9 Å². The first-order chi connectivity index (χ1) is 10.8. The summed E-state index contributed by atoms with van der Waals surface area (Å²) in [5.41, 5.74) is 0.141. The minimum absolute atomic E-state index is 0.0495. The van der Waals surface area contributed by atoms with E-state index in [2.05, 4.69) is 10.3 Å². The molecule has 0 fully saturated rings. The van der Waals surface area contributed by atoms with E-state index in [0.29, 0.717) is 31.0 Å². The molecule has 23 heavy (non-hydrogen) atoms. The van der Waals surface area contributed by atoms with Crippen LogP contribution in [0.25, 0.3) is 0 Å². The average molecular weight is 344 g/mol. The van der Waals surface area contributed by atoms with Gasteiger partial charge in [-0.25, -0.2) is 13.4 Å². The van der Waals surface area contributed by atoms with E-state index in [9.17, 15) is 18.0 Å². The summed E-state index contributed by atoms with van der Waals surface area (Å²) in [7, 11) is -1.95. The largest absolute Gasteiger partial charge is 0.375 e. The molecule has 1 amide bonds. The average Bonchev–Trinajstić information content (AvgIpc) is 2.68. The van der Waals surface area contributed by atoms with E-state index in [1.165, 1.54) is 22.0 Å². The monoisotopic (exact) mass is 344 g/mol. The van der Waals surface area contributed by atoms with Crippen molar-refractivity contribution < 1.29 is 17.9 Å². The van der Waals surface area contributed by atoms with Gasteiger partial charge in [0, 0.05) is 26.3 Å². The number of carbonyl (C=O) groups is 1. The van der Waals surface area contributed by atoms with E-state index < -0.39 is 10.0 Å². The molecule has 0 saturated carbocycles. The maximum absolute atomic E-state index is 12.2.